The minimum Gasteiger partial charge on any atom is -0.352 e. The van der Waals surface area contributed by atoms with Gasteiger partial charge in [-0.05, 0) is 37.3 Å². The molecular formula is C14H18F2N2O. The summed E-state index contributed by atoms with van der Waals surface area (Å²) in [7, 11) is 0. The van der Waals surface area contributed by atoms with Gasteiger partial charge in [-0.2, -0.15) is 0 Å². The molecule has 1 fully saturated rings. The van der Waals surface area contributed by atoms with Crippen molar-refractivity contribution in [3.8, 4) is 0 Å². The molecule has 2 rings (SSSR count). The molecule has 0 saturated heterocycles. The zero-order chi connectivity index (χ0) is 13.8. The van der Waals surface area contributed by atoms with Gasteiger partial charge in [0.15, 0.2) is 0 Å². The van der Waals surface area contributed by atoms with E-state index in [9.17, 15) is 13.6 Å². The second kappa shape index (κ2) is 6.10. The summed E-state index contributed by atoms with van der Waals surface area (Å²) in [6.45, 7) is 0.417. The number of amides is 1. The van der Waals surface area contributed by atoms with E-state index < -0.39 is 23.1 Å². The minimum atomic E-state index is -0.835. The van der Waals surface area contributed by atoms with E-state index in [1.54, 1.807) is 0 Å². The Labute approximate surface area is 111 Å². The smallest absolute Gasteiger partial charge is 0.257 e. The zero-order valence-corrected chi connectivity index (χ0v) is 10.7. The first-order valence-corrected chi connectivity index (χ1v) is 6.55. The highest BCUT2D eigenvalue weighted by Gasteiger charge is 2.21. The van der Waals surface area contributed by atoms with Gasteiger partial charge in [-0.3, -0.25) is 4.79 Å². The molecule has 1 aliphatic carbocycles. The van der Waals surface area contributed by atoms with Gasteiger partial charge in [0, 0.05) is 12.6 Å². The Balaban J connectivity index is 1.94. The van der Waals surface area contributed by atoms with Gasteiger partial charge >= 0.3 is 0 Å². The molecule has 0 radical (unpaired) electrons. The number of nitrogens with one attached hydrogen (secondary N) is 1. The van der Waals surface area contributed by atoms with Gasteiger partial charge in [0.2, 0.25) is 0 Å². The maximum Gasteiger partial charge on any atom is 0.257 e. The lowest BCUT2D eigenvalue weighted by Crippen LogP contribution is -2.36. The molecule has 1 amide bonds. The van der Waals surface area contributed by atoms with Gasteiger partial charge in [-0.1, -0.05) is 12.5 Å². The number of nitrogens with two attached hydrogens (primary N) is 1. The highest BCUT2D eigenvalue weighted by Crippen LogP contribution is 2.22. The van der Waals surface area contributed by atoms with Crippen LogP contribution in [0.15, 0.2) is 18.2 Å². The predicted molar refractivity (Wildman–Crippen MR) is 68.6 cm³/mol. The molecule has 1 aliphatic rings. The van der Waals surface area contributed by atoms with Crippen LogP contribution in [0, 0.1) is 17.6 Å². The van der Waals surface area contributed by atoms with E-state index >= 15 is 0 Å². The summed E-state index contributed by atoms with van der Waals surface area (Å²) in [4.78, 5) is 11.8. The summed E-state index contributed by atoms with van der Waals surface area (Å²) in [6, 6.07) is 3.56. The van der Waals surface area contributed by atoms with E-state index in [1.165, 1.54) is 6.07 Å². The number of hydrogen-bond donors (Lipinski definition) is 2. The summed E-state index contributed by atoms with van der Waals surface area (Å²) in [6.07, 6.45) is 3.88. The van der Waals surface area contributed by atoms with Crippen LogP contribution in [0.5, 0.6) is 0 Å². The van der Waals surface area contributed by atoms with E-state index in [-0.39, 0.29) is 6.04 Å². The number of rotatable bonds is 3. The van der Waals surface area contributed by atoms with Gasteiger partial charge in [0.25, 0.3) is 5.91 Å². The molecule has 2 unspecified atom stereocenters. The number of carbonyl (C=O) groups excluding carboxylic acids is 1. The monoisotopic (exact) mass is 268 g/mol. The zero-order valence-electron chi connectivity index (χ0n) is 10.7. The molecule has 0 aliphatic heterocycles. The van der Waals surface area contributed by atoms with Gasteiger partial charge in [0.1, 0.15) is 17.2 Å². The normalized spacial score (nSPS) is 23.1. The number of carbonyl (C=O) groups is 1. The van der Waals surface area contributed by atoms with Crippen LogP contribution in [-0.4, -0.2) is 18.5 Å². The lowest BCUT2D eigenvalue weighted by molar-refractivity contribution is 0.0934. The highest BCUT2D eigenvalue weighted by molar-refractivity contribution is 5.94. The quantitative estimate of drug-likeness (QED) is 0.883. The Morgan fingerprint density at radius 3 is 2.63 bits per heavy atom. The molecule has 104 valence electrons. The van der Waals surface area contributed by atoms with Crippen molar-refractivity contribution in [1.29, 1.82) is 0 Å². The molecule has 1 saturated carbocycles. The fourth-order valence-electron chi connectivity index (χ4n) is 2.56. The number of halogens is 2. The van der Waals surface area contributed by atoms with Gasteiger partial charge in [-0.25, -0.2) is 8.78 Å². The fraction of sp³-hybridized carbons (Fsp3) is 0.500. The van der Waals surface area contributed by atoms with Crippen LogP contribution >= 0.6 is 0 Å². The molecule has 5 heteroatoms. The molecule has 2 atom stereocenters. The molecular weight excluding hydrogens is 250 g/mol. The molecule has 0 aromatic heterocycles. The SMILES string of the molecule is NC1CCCC(CNC(=O)c2c(F)cccc2F)C1. The molecule has 3 N–H and O–H groups in total. The van der Waals surface area contributed by atoms with Crippen molar-refractivity contribution in [3.63, 3.8) is 0 Å². The van der Waals surface area contributed by atoms with Crippen molar-refractivity contribution in [2.45, 2.75) is 31.7 Å². The topological polar surface area (TPSA) is 55.1 Å². The fourth-order valence-corrected chi connectivity index (χ4v) is 2.56. The molecule has 3 nitrogen and oxygen atoms in total. The Bertz CT molecular complexity index is 445. The Morgan fingerprint density at radius 1 is 1.32 bits per heavy atom. The average molecular weight is 268 g/mol. The second-order valence-corrected chi connectivity index (χ2v) is 5.10. The summed E-state index contributed by atoms with van der Waals surface area (Å²) < 4.78 is 26.8. The van der Waals surface area contributed by atoms with Gasteiger partial charge < -0.3 is 11.1 Å². The Hall–Kier alpha value is -1.49. The largest absolute Gasteiger partial charge is 0.352 e. The van der Waals surface area contributed by atoms with Crippen molar-refractivity contribution < 1.29 is 13.6 Å². The molecule has 0 bridgehead atoms. The number of benzene rings is 1. The molecule has 1 aromatic rings. The summed E-state index contributed by atoms with van der Waals surface area (Å²) in [5.74, 6) is -2.08. The van der Waals surface area contributed by atoms with Crippen molar-refractivity contribution in [2.75, 3.05) is 6.54 Å². The van der Waals surface area contributed by atoms with Crippen molar-refractivity contribution >= 4 is 5.91 Å². The molecule has 19 heavy (non-hydrogen) atoms. The first kappa shape index (κ1) is 13.9. The van der Waals surface area contributed by atoms with Crippen LogP contribution in [0.25, 0.3) is 0 Å². The van der Waals surface area contributed by atoms with Crippen molar-refractivity contribution in [2.24, 2.45) is 11.7 Å². The van der Waals surface area contributed by atoms with Crippen LogP contribution in [0.4, 0.5) is 8.78 Å². The van der Waals surface area contributed by atoms with E-state index in [4.69, 9.17) is 5.73 Å². The van der Waals surface area contributed by atoms with E-state index in [2.05, 4.69) is 5.32 Å². The van der Waals surface area contributed by atoms with E-state index in [1.807, 2.05) is 0 Å². The van der Waals surface area contributed by atoms with E-state index in [0.29, 0.717) is 12.5 Å². The Kier molecular flexibility index (Phi) is 4.47. The molecule has 0 heterocycles. The maximum absolute atomic E-state index is 13.4. The summed E-state index contributed by atoms with van der Waals surface area (Å²) in [5.41, 5.74) is 5.35. The van der Waals surface area contributed by atoms with Gasteiger partial charge in [0.05, 0.1) is 0 Å². The average Bonchev–Trinajstić information content (AvgIpc) is 2.36. The lowest BCUT2D eigenvalue weighted by atomic mass is 9.86. The minimum absolute atomic E-state index is 0.167. The third kappa shape index (κ3) is 3.50. The van der Waals surface area contributed by atoms with Crippen LogP contribution in [0.1, 0.15) is 36.0 Å². The summed E-state index contributed by atoms with van der Waals surface area (Å²) >= 11 is 0. The third-order valence-electron chi connectivity index (χ3n) is 3.56. The van der Waals surface area contributed by atoms with Crippen LogP contribution in [-0.2, 0) is 0 Å². The van der Waals surface area contributed by atoms with Crippen LogP contribution < -0.4 is 11.1 Å². The Morgan fingerprint density at radius 2 is 2.00 bits per heavy atom. The lowest BCUT2D eigenvalue weighted by Gasteiger charge is -2.26. The van der Waals surface area contributed by atoms with Crippen LogP contribution in [0.3, 0.4) is 0 Å². The van der Waals surface area contributed by atoms with Crippen LogP contribution in [0.2, 0.25) is 0 Å². The molecule has 0 spiro atoms. The van der Waals surface area contributed by atoms with Crippen molar-refractivity contribution in [3.05, 3.63) is 35.4 Å². The summed E-state index contributed by atoms with van der Waals surface area (Å²) in [5, 5.41) is 2.60. The molecule has 1 aromatic carbocycles. The third-order valence-corrected chi connectivity index (χ3v) is 3.56. The highest BCUT2D eigenvalue weighted by atomic mass is 19.1. The second-order valence-electron chi connectivity index (χ2n) is 5.10. The standard InChI is InChI=1S/C14H18F2N2O/c15-11-5-2-6-12(16)13(11)14(19)18-8-9-3-1-4-10(17)7-9/h2,5-6,9-10H,1,3-4,7-8,17H2,(H,18,19). The van der Waals surface area contributed by atoms with Crippen molar-refractivity contribution in [1.82, 2.24) is 5.32 Å². The first-order chi connectivity index (χ1) is 9.08. The van der Waals surface area contributed by atoms with Gasteiger partial charge in [-0.15, -0.1) is 0 Å². The van der Waals surface area contributed by atoms with E-state index in [0.717, 1.165) is 37.8 Å². The number of hydrogen-bond acceptors (Lipinski definition) is 2. The maximum atomic E-state index is 13.4. The first-order valence-electron chi connectivity index (χ1n) is 6.55. The predicted octanol–water partition coefficient (Wildman–Crippen LogP) is 2.21.